The van der Waals surface area contributed by atoms with Gasteiger partial charge >= 0.3 is 12.3 Å². The first kappa shape index (κ1) is 23.3. The number of nitrogens with zero attached hydrogens (tertiary/aromatic N) is 1. The lowest BCUT2D eigenvalue weighted by molar-refractivity contribution is -0.274. The minimum atomic E-state index is -4.84. The number of carbonyl (C=O) groups excluding carboxylic acids is 1. The van der Waals surface area contributed by atoms with Crippen LogP contribution in [0.25, 0.3) is 11.1 Å². The highest BCUT2D eigenvalue weighted by Gasteiger charge is 2.31. The molecular weight excluding hydrogens is 427 g/mol. The molecule has 0 fully saturated rings. The lowest BCUT2D eigenvalue weighted by Gasteiger charge is -2.22. The van der Waals surface area contributed by atoms with E-state index in [0.717, 1.165) is 16.6 Å². The van der Waals surface area contributed by atoms with Crippen LogP contribution in [0.3, 0.4) is 0 Å². The van der Waals surface area contributed by atoms with E-state index in [0.29, 0.717) is 11.1 Å². The molecular formula is C19H20F3NO6S. The molecule has 0 aliphatic heterocycles. The number of ether oxygens (including phenoxy) is 3. The van der Waals surface area contributed by atoms with Gasteiger partial charge in [0.15, 0.2) is 0 Å². The number of hydrogen-bond donors (Lipinski definition) is 0. The lowest BCUT2D eigenvalue weighted by atomic mass is 10.0. The Morgan fingerprint density at radius 2 is 1.83 bits per heavy atom. The topological polar surface area (TPSA) is 82.1 Å². The number of alkyl halides is 3. The molecule has 2 rings (SSSR count). The second-order valence-corrected chi connectivity index (χ2v) is 7.94. The third-order valence-corrected chi connectivity index (χ3v) is 4.97. The smallest absolute Gasteiger partial charge is 0.496 e. The van der Waals surface area contributed by atoms with Gasteiger partial charge in [-0.25, -0.2) is 8.42 Å². The predicted octanol–water partition coefficient (Wildman–Crippen LogP) is 3.59. The van der Waals surface area contributed by atoms with Gasteiger partial charge in [-0.3, -0.25) is 9.10 Å². The Labute approximate surface area is 172 Å². The highest BCUT2D eigenvalue weighted by atomic mass is 32.2. The molecule has 0 unspecified atom stereocenters. The van der Waals surface area contributed by atoms with E-state index >= 15 is 0 Å². The van der Waals surface area contributed by atoms with E-state index in [1.807, 2.05) is 0 Å². The molecule has 11 heteroatoms. The quantitative estimate of drug-likeness (QED) is 0.576. The van der Waals surface area contributed by atoms with Crippen molar-refractivity contribution < 1.29 is 40.6 Å². The molecule has 7 nitrogen and oxygen atoms in total. The fraction of sp³-hybridized carbons (Fsp3) is 0.316. The van der Waals surface area contributed by atoms with Gasteiger partial charge in [0.05, 0.1) is 25.7 Å². The number of esters is 1. The van der Waals surface area contributed by atoms with Gasteiger partial charge in [-0.15, -0.1) is 13.2 Å². The summed E-state index contributed by atoms with van der Waals surface area (Å²) in [4.78, 5) is 11.8. The number of rotatable bonds is 8. The van der Waals surface area contributed by atoms with Gasteiger partial charge in [0, 0.05) is 11.6 Å². The molecule has 0 aliphatic rings. The van der Waals surface area contributed by atoms with Crippen LogP contribution in [0.4, 0.5) is 18.9 Å². The van der Waals surface area contributed by atoms with E-state index in [1.165, 1.54) is 37.4 Å². The van der Waals surface area contributed by atoms with Gasteiger partial charge in [0.25, 0.3) is 0 Å². The van der Waals surface area contributed by atoms with E-state index in [1.54, 1.807) is 13.0 Å². The molecule has 0 amide bonds. The molecule has 0 saturated carbocycles. The zero-order valence-electron chi connectivity index (χ0n) is 16.4. The van der Waals surface area contributed by atoms with Crippen LogP contribution in [0, 0.1) is 0 Å². The maximum absolute atomic E-state index is 12.5. The van der Waals surface area contributed by atoms with E-state index in [4.69, 9.17) is 9.47 Å². The van der Waals surface area contributed by atoms with Crippen molar-refractivity contribution in [2.45, 2.75) is 13.3 Å². The van der Waals surface area contributed by atoms with Crippen molar-refractivity contribution in [1.29, 1.82) is 0 Å². The SMILES string of the molecule is CCOC(=O)CN(c1ccc(-c2cccc(OC(F)(F)F)c2)c(OC)c1)S(C)(=O)=O. The Morgan fingerprint density at radius 3 is 2.40 bits per heavy atom. The van der Waals surface area contributed by atoms with E-state index in [2.05, 4.69) is 4.74 Å². The molecule has 0 atom stereocenters. The normalized spacial score (nSPS) is 11.7. The largest absolute Gasteiger partial charge is 0.573 e. The van der Waals surface area contributed by atoms with Crippen LogP contribution in [0.1, 0.15) is 6.92 Å². The van der Waals surface area contributed by atoms with Gasteiger partial charge in [-0.05, 0) is 36.8 Å². The number of sulfonamides is 1. The fourth-order valence-corrected chi connectivity index (χ4v) is 3.49. The minimum Gasteiger partial charge on any atom is -0.496 e. The monoisotopic (exact) mass is 447 g/mol. The molecule has 0 radical (unpaired) electrons. The summed E-state index contributed by atoms with van der Waals surface area (Å²) in [6, 6.07) is 9.52. The maximum Gasteiger partial charge on any atom is 0.573 e. The summed E-state index contributed by atoms with van der Waals surface area (Å²) in [6.45, 7) is 1.15. The van der Waals surface area contributed by atoms with Crippen LogP contribution >= 0.6 is 0 Å². The van der Waals surface area contributed by atoms with Gasteiger partial charge in [-0.2, -0.15) is 0 Å². The first-order valence-electron chi connectivity index (χ1n) is 8.62. The van der Waals surface area contributed by atoms with Crippen molar-refractivity contribution >= 4 is 21.7 Å². The number of halogens is 3. The van der Waals surface area contributed by atoms with Gasteiger partial charge in [0.1, 0.15) is 18.0 Å². The summed E-state index contributed by atoms with van der Waals surface area (Å²) >= 11 is 0. The Balaban J connectivity index is 2.45. The third kappa shape index (κ3) is 6.28. The molecule has 0 aromatic heterocycles. The molecule has 0 N–H and O–H groups in total. The van der Waals surface area contributed by atoms with Crippen LogP contribution in [-0.4, -0.2) is 47.3 Å². The van der Waals surface area contributed by atoms with Gasteiger partial charge < -0.3 is 14.2 Å². The fourth-order valence-electron chi connectivity index (χ4n) is 2.66. The van der Waals surface area contributed by atoms with Crippen LogP contribution in [0.15, 0.2) is 42.5 Å². The second kappa shape index (κ2) is 9.24. The average Bonchev–Trinajstić information content (AvgIpc) is 2.64. The Morgan fingerprint density at radius 1 is 1.13 bits per heavy atom. The summed E-state index contributed by atoms with van der Waals surface area (Å²) in [7, 11) is -2.50. The Kier molecular flexibility index (Phi) is 7.19. The van der Waals surface area contributed by atoms with E-state index in [9.17, 15) is 26.4 Å². The van der Waals surface area contributed by atoms with Crippen LogP contribution in [-0.2, 0) is 19.6 Å². The molecule has 30 heavy (non-hydrogen) atoms. The summed E-state index contributed by atoms with van der Waals surface area (Å²) in [5.41, 5.74) is 0.892. The van der Waals surface area contributed by atoms with Crippen molar-refractivity contribution in [3.63, 3.8) is 0 Å². The van der Waals surface area contributed by atoms with Crippen LogP contribution in [0.2, 0.25) is 0 Å². The Bertz CT molecular complexity index is 1010. The number of carbonyl (C=O) groups is 1. The third-order valence-electron chi connectivity index (χ3n) is 3.83. The number of anilines is 1. The zero-order valence-corrected chi connectivity index (χ0v) is 17.2. The first-order chi connectivity index (χ1) is 13.9. The minimum absolute atomic E-state index is 0.0923. The van der Waals surface area contributed by atoms with Gasteiger partial charge in [0.2, 0.25) is 10.0 Å². The Hall–Kier alpha value is -2.95. The molecule has 2 aromatic carbocycles. The van der Waals surface area contributed by atoms with E-state index in [-0.39, 0.29) is 18.0 Å². The number of benzene rings is 2. The molecule has 0 spiro atoms. The standard InChI is InChI=1S/C19H20F3NO6S/c1-4-28-18(24)12-23(30(3,25)26)14-8-9-16(17(11-14)27-2)13-6-5-7-15(10-13)29-19(20,21)22/h5-11H,4,12H2,1-3H3. The highest BCUT2D eigenvalue weighted by Crippen LogP contribution is 2.36. The summed E-state index contributed by atoms with van der Waals surface area (Å²) in [5.74, 6) is -0.955. The van der Waals surface area contributed by atoms with E-state index < -0.39 is 34.6 Å². The molecule has 0 bridgehead atoms. The lowest BCUT2D eigenvalue weighted by Crippen LogP contribution is -2.35. The molecule has 2 aromatic rings. The molecule has 0 heterocycles. The number of hydrogen-bond acceptors (Lipinski definition) is 6. The maximum atomic E-state index is 12.5. The molecule has 0 saturated heterocycles. The predicted molar refractivity (Wildman–Crippen MR) is 104 cm³/mol. The molecule has 0 aliphatic carbocycles. The van der Waals surface area contributed by atoms with Crippen molar-refractivity contribution in [3.05, 3.63) is 42.5 Å². The summed E-state index contributed by atoms with van der Waals surface area (Å²) in [6.07, 6.45) is -3.90. The average molecular weight is 447 g/mol. The number of methoxy groups -OCH3 is 1. The summed E-state index contributed by atoms with van der Waals surface area (Å²) in [5, 5.41) is 0. The summed E-state index contributed by atoms with van der Waals surface area (Å²) < 4.78 is 76.7. The van der Waals surface area contributed by atoms with Crippen LogP contribution in [0.5, 0.6) is 11.5 Å². The first-order valence-corrected chi connectivity index (χ1v) is 10.5. The highest BCUT2D eigenvalue weighted by molar-refractivity contribution is 7.92. The second-order valence-electron chi connectivity index (χ2n) is 6.03. The zero-order chi connectivity index (χ0) is 22.5. The van der Waals surface area contributed by atoms with Gasteiger partial charge in [-0.1, -0.05) is 12.1 Å². The van der Waals surface area contributed by atoms with Crippen molar-refractivity contribution in [2.75, 3.05) is 30.8 Å². The van der Waals surface area contributed by atoms with Crippen LogP contribution < -0.4 is 13.8 Å². The van der Waals surface area contributed by atoms with Crippen molar-refractivity contribution in [3.8, 4) is 22.6 Å². The molecule has 164 valence electrons. The van der Waals surface area contributed by atoms with Crippen molar-refractivity contribution in [2.24, 2.45) is 0 Å². The van der Waals surface area contributed by atoms with Crippen molar-refractivity contribution in [1.82, 2.24) is 0 Å².